The van der Waals surface area contributed by atoms with Crippen molar-refractivity contribution in [2.75, 3.05) is 0 Å². The summed E-state index contributed by atoms with van der Waals surface area (Å²) in [6.45, 7) is 2.15. The average molecular weight is 192 g/mol. The Morgan fingerprint density at radius 3 is 2.29 bits per heavy atom. The molecule has 0 heterocycles. The summed E-state index contributed by atoms with van der Waals surface area (Å²) >= 11 is 0. The van der Waals surface area contributed by atoms with Gasteiger partial charge < -0.3 is 0 Å². The van der Waals surface area contributed by atoms with Gasteiger partial charge >= 0.3 is 0 Å². The largest absolute Gasteiger partial charge is 0.198 e. The van der Waals surface area contributed by atoms with Gasteiger partial charge in [0.05, 0.1) is 12.1 Å². The molecule has 1 unspecified atom stereocenters. The molecule has 0 aromatic carbocycles. The van der Waals surface area contributed by atoms with Crippen LogP contribution in [-0.2, 0) is 0 Å². The Morgan fingerprint density at radius 2 is 1.71 bits per heavy atom. The van der Waals surface area contributed by atoms with Crippen LogP contribution in [0.5, 0.6) is 0 Å². The lowest BCUT2D eigenvalue weighted by atomic mass is 9.97. The normalized spacial score (nSPS) is 11.6. The van der Waals surface area contributed by atoms with E-state index in [2.05, 4.69) is 19.1 Å². The van der Waals surface area contributed by atoms with Gasteiger partial charge in [-0.2, -0.15) is 10.5 Å². The van der Waals surface area contributed by atoms with E-state index in [-0.39, 0.29) is 5.92 Å². The molecule has 78 valence electrons. The Bertz CT molecular complexity index is 197. The van der Waals surface area contributed by atoms with Gasteiger partial charge in [-0.1, -0.05) is 32.6 Å². The maximum absolute atomic E-state index is 8.85. The number of hydrogen-bond acceptors (Lipinski definition) is 2. The maximum atomic E-state index is 8.85. The van der Waals surface area contributed by atoms with E-state index in [1.54, 1.807) is 0 Å². The van der Waals surface area contributed by atoms with Gasteiger partial charge in [-0.25, -0.2) is 0 Å². The molecule has 1 atom stereocenters. The molecule has 0 radical (unpaired) electrons. The van der Waals surface area contributed by atoms with Crippen LogP contribution in [0.4, 0.5) is 0 Å². The van der Waals surface area contributed by atoms with E-state index in [4.69, 9.17) is 10.5 Å². The minimum atomic E-state index is 0.247. The molecule has 0 amide bonds. The van der Waals surface area contributed by atoms with Crippen molar-refractivity contribution >= 4 is 0 Å². The van der Waals surface area contributed by atoms with Crippen molar-refractivity contribution in [1.82, 2.24) is 0 Å². The first-order valence-corrected chi connectivity index (χ1v) is 5.61. The summed E-state index contributed by atoms with van der Waals surface area (Å²) in [7, 11) is 0. The van der Waals surface area contributed by atoms with E-state index in [9.17, 15) is 0 Å². The van der Waals surface area contributed by atoms with Crippen LogP contribution in [0.1, 0.15) is 58.3 Å². The molecular formula is C12H20N2. The Kier molecular flexibility index (Phi) is 9.33. The van der Waals surface area contributed by atoms with Crippen LogP contribution in [0.15, 0.2) is 0 Å². The zero-order valence-corrected chi connectivity index (χ0v) is 9.13. The smallest absolute Gasteiger partial charge is 0.0655 e. The second kappa shape index (κ2) is 10.1. The number of rotatable bonds is 8. The Balaban J connectivity index is 3.35. The van der Waals surface area contributed by atoms with Crippen molar-refractivity contribution in [1.29, 1.82) is 10.5 Å². The summed E-state index contributed by atoms with van der Waals surface area (Å²) in [4.78, 5) is 0. The standard InChI is InChI=1S/C12H20N2/c1-2-3-8-12(11-14)9-6-4-5-7-10-13/h12H,2-9H2,1H3. The van der Waals surface area contributed by atoms with Crippen LogP contribution in [0.3, 0.4) is 0 Å². The minimum absolute atomic E-state index is 0.247. The number of nitrogens with zero attached hydrogens (tertiary/aromatic N) is 2. The van der Waals surface area contributed by atoms with Gasteiger partial charge in [0.25, 0.3) is 0 Å². The van der Waals surface area contributed by atoms with E-state index < -0.39 is 0 Å². The average Bonchev–Trinajstić information content (AvgIpc) is 2.22. The monoisotopic (exact) mass is 192 g/mol. The molecule has 0 rings (SSSR count). The molecule has 0 aromatic rings. The molecule has 0 fully saturated rings. The second-order valence-electron chi connectivity index (χ2n) is 3.73. The van der Waals surface area contributed by atoms with Crippen molar-refractivity contribution < 1.29 is 0 Å². The predicted octanol–water partition coefficient (Wildman–Crippen LogP) is 3.79. The third kappa shape index (κ3) is 7.62. The van der Waals surface area contributed by atoms with E-state index in [0.29, 0.717) is 6.42 Å². The van der Waals surface area contributed by atoms with Gasteiger partial charge in [-0.3, -0.25) is 0 Å². The first-order chi connectivity index (χ1) is 6.85. The summed E-state index contributed by atoms with van der Waals surface area (Å²) in [5, 5.41) is 17.2. The number of hydrogen-bond donors (Lipinski definition) is 0. The van der Waals surface area contributed by atoms with Crippen molar-refractivity contribution in [2.24, 2.45) is 5.92 Å². The fourth-order valence-corrected chi connectivity index (χ4v) is 1.50. The van der Waals surface area contributed by atoms with Crippen LogP contribution in [0.2, 0.25) is 0 Å². The molecule has 2 heteroatoms. The van der Waals surface area contributed by atoms with Gasteiger partial charge in [0.1, 0.15) is 0 Å². The lowest BCUT2D eigenvalue weighted by molar-refractivity contribution is 0.495. The van der Waals surface area contributed by atoms with Crippen LogP contribution < -0.4 is 0 Å². The predicted molar refractivity (Wildman–Crippen MR) is 57.3 cm³/mol. The molecule has 0 spiro atoms. The highest BCUT2D eigenvalue weighted by Gasteiger charge is 2.05. The minimum Gasteiger partial charge on any atom is -0.198 e. The van der Waals surface area contributed by atoms with E-state index in [0.717, 1.165) is 38.5 Å². The highest BCUT2D eigenvalue weighted by atomic mass is 14.3. The topological polar surface area (TPSA) is 47.6 Å². The van der Waals surface area contributed by atoms with Crippen LogP contribution in [-0.4, -0.2) is 0 Å². The molecule has 0 aliphatic carbocycles. The molecule has 0 aliphatic rings. The molecular weight excluding hydrogens is 172 g/mol. The fourth-order valence-electron chi connectivity index (χ4n) is 1.50. The molecule has 0 aliphatic heterocycles. The lowest BCUT2D eigenvalue weighted by Crippen LogP contribution is -1.96. The van der Waals surface area contributed by atoms with Crippen molar-refractivity contribution in [3.8, 4) is 12.1 Å². The summed E-state index contributed by atoms with van der Waals surface area (Å²) in [5.74, 6) is 0.247. The summed E-state index contributed by atoms with van der Waals surface area (Å²) in [6.07, 6.45) is 8.24. The summed E-state index contributed by atoms with van der Waals surface area (Å²) in [5.41, 5.74) is 0. The van der Waals surface area contributed by atoms with E-state index in [1.807, 2.05) is 0 Å². The van der Waals surface area contributed by atoms with Gasteiger partial charge in [0, 0.05) is 12.3 Å². The highest BCUT2D eigenvalue weighted by molar-refractivity contribution is 4.82. The van der Waals surface area contributed by atoms with Crippen molar-refractivity contribution in [3.63, 3.8) is 0 Å². The molecule has 0 saturated carbocycles. The molecule has 0 N–H and O–H groups in total. The zero-order valence-electron chi connectivity index (χ0n) is 9.13. The van der Waals surface area contributed by atoms with E-state index >= 15 is 0 Å². The zero-order chi connectivity index (χ0) is 10.6. The number of unbranched alkanes of at least 4 members (excludes halogenated alkanes) is 4. The van der Waals surface area contributed by atoms with E-state index in [1.165, 1.54) is 6.42 Å². The first-order valence-electron chi connectivity index (χ1n) is 5.61. The Morgan fingerprint density at radius 1 is 1.00 bits per heavy atom. The third-order valence-corrected chi connectivity index (χ3v) is 2.43. The third-order valence-electron chi connectivity index (χ3n) is 2.43. The van der Waals surface area contributed by atoms with Crippen molar-refractivity contribution in [3.05, 3.63) is 0 Å². The Hall–Kier alpha value is -1.02. The summed E-state index contributed by atoms with van der Waals surface area (Å²) < 4.78 is 0. The fraction of sp³-hybridized carbons (Fsp3) is 0.833. The molecule has 2 nitrogen and oxygen atoms in total. The maximum Gasteiger partial charge on any atom is 0.0655 e. The van der Waals surface area contributed by atoms with Gasteiger partial charge in [0.2, 0.25) is 0 Å². The van der Waals surface area contributed by atoms with Crippen LogP contribution in [0.25, 0.3) is 0 Å². The summed E-state index contributed by atoms with van der Waals surface area (Å²) in [6, 6.07) is 4.50. The highest BCUT2D eigenvalue weighted by Crippen LogP contribution is 2.16. The van der Waals surface area contributed by atoms with Crippen LogP contribution >= 0.6 is 0 Å². The molecule has 0 saturated heterocycles. The Labute approximate surface area is 87.5 Å². The first kappa shape index (κ1) is 13.0. The number of nitriles is 2. The van der Waals surface area contributed by atoms with Crippen LogP contribution in [0, 0.1) is 28.6 Å². The molecule has 14 heavy (non-hydrogen) atoms. The molecule has 0 aromatic heterocycles. The lowest BCUT2D eigenvalue weighted by Gasteiger charge is -2.06. The second-order valence-corrected chi connectivity index (χ2v) is 3.73. The SMILES string of the molecule is CCCCC(C#N)CCCCCC#N. The van der Waals surface area contributed by atoms with Gasteiger partial charge in [-0.05, 0) is 19.3 Å². The van der Waals surface area contributed by atoms with Gasteiger partial charge in [0.15, 0.2) is 0 Å². The quantitative estimate of drug-likeness (QED) is 0.549. The molecule has 0 bridgehead atoms. The van der Waals surface area contributed by atoms with Gasteiger partial charge in [-0.15, -0.1) is 0 Å². The van der Waals surface area contributed by atoms with Crippen molar-refractivity contribution in [2.45, 2.75) is 58.3 Å².